The van der Waals surface area contributed by atoms with Gasteiger partial charge < -0.3 is 4.74 Å². The van der Waals surface area contributed by atoms with Crippen LogP contribution in [0.4, 0.5) is 0 Å². The van der Waals surface area contributed by atoms with E-state index in [1.54, 1.807) is 41.1 Å². The third kappa shape index (κ3) is 2.04. The van der Waals surface area contributed by atoms with E-state index in [9.17, 15) is 0 Å². The molecule has 17 heavy (non-hydrogen) atoms. The summed E-state index contributed by atoms with van der Waals surface area (Å²) in [6.07, 6.45) is 0. The predicted molar refractivity (Wildman–Crippen MR) is 76.3 cm³/mol. The molecule has 85 valence electrons. The summed E-state index contributed by atoms with van der Waals surface area (Å²) in [6, 6.07) is 11.5. The predicted octanol–water partition coefficient (Wildman–Crippen LogP) is 5.01. The van der Waals surface area contributed by atoms with Gasteiger partial charge in [0.15, 0.2) is 0 Å². The fraction of sp³-hybridized carbons (Fsp3) is 0.0769. The van der Waals surface area contributed by atoms with Crippen molar-refractivity contribution in [3.63, 3.8) is 0 Å². The van der Waals surface area contributed by atoms with Crippen LogP contribution >= 0.6 is 34.0 Å². The molecule has 0 unspecified atom stereocenters. The summed E-state index contributed by atoms with van der Waals surface area (Å²) in [5, 5.41) is 4.14. The first kappa shape index (κ1) is 11.0. The van der Waals surface area contributed by atoms with Crippen LogP contribution in [0, 0.1) is 6.07 Å². The first-order valence-corrected chi connectivity index (χ1v) is 7.63. The van der Waals surface area contributed by atoms with Crippen molar-refractivity contribution in [2.45, 2.75) is 0 Å². The van der Waals surface area contributed by atoms with E-state index in [4.69, 9.17) is 4.74 Å². The minimum atomic E-state index is 0.942. The molecule has 0 saturated heterocycles. The van der Waals surface area contributed by atoms with Crippen LogP contribution in [0.1, 0.15) is 0 Å². The average molecular weight is 277 g/mol. The third-order valence-corrected chi connectivity index (χ3v) is 5.52. The lowest BCUT2D eigenvalue weighted by molar-refractivity contribution is 0.418. The van der Waals surface area contributed by atoms with Crippen LogP contribution in [0.25, 0.3) is 19.5 Å². The lowest BCUT2D eigenvalue weighted by Gasteiger charge is -1.97. The highest BCUT2D eigenvalue weighted by Crippen LogP contribution is 2.44. The molecule has 0 aliphatic heterocycles. The molecule has 0 aliphatic carbocycles. The Bertz CT molecular complexity index is 591. The van der Waals surface area contributed by atoms with E-state index in [-0.39, 0.29) is 0 Å². The summed E-state index contributed by atoms with van der Waals surface area (Å²) < 4.78 is 5.45. The highest BCUT2D eigenvalue weighted by atomic mass is 32.1. The van der Waals surface area contributed by atoms with Gasteiger partial charge in [-0.1, -0.05) is 6.07 Å². The maximum absolute atomic E-state index is 5.45. The molecule has 0 bridgehead atoms. The van der Waals surface area contributed by atoms with Crippen LogP contribution < -0.4 is 4.74 Å². The Labute approximate surface area is 112 Å². The fourth-order valence-corrected chi connectivity index (χ4v) is 4.33. The van der Waals surface area contributed by atoms with Gasteiger partial charge in [0.2, 0.25) is 0 Å². The Morgan fingerprint density at radius 2 is 2.12 bits per heavy atom. The lowest BCUT2D eigenvalue weighted by Crippen LogP contribution is -1.79. The van der Waals surface area contributed by atoms with Crippen LogP contribution in [-0.2, 0) is 0 Å². The van der Waals surface area contributed by atoms with Gasteiger partial charge in [0.05, 0.1) is 16.9 Å². The Balaban J connectivity index is 2.10. The van der Waals surface area contributed by atoms with Gasteiger partial charge in [0.25, 0.3) is 0 Å². The van der Waals surface area contributed by atoms with Gasteiger partial charge in [-0.05, 0) is 22.9 Å². The van der Waals surface area contributed by atoms with Crippen LogP contribution in [-0.4, -0.2) is 7.11 Å². The second kappa shape index (κ2) is 4.64. The van der Waals surface area contributed by atoms with Gasteiger partial charge in [0.1, 0.15) is 5.75 Å². The molecule has 0 amide bonds. The summed E-state index contributed by atoms with van der Waals surface area (Å²) >= 11 is 5.21. The SMILES string of the molecule is COc1cc(-c2cccs2)sc1-c1[c]ccs1. The molecule has 1 radical (unpaired) electrons. The number of methoxy groups -OCH3 is 1. The monoisotopic (exact) mass is 277 g/mol. The maximum atomic E-state index is 5.45. The zero-order chi connectivity index (χ0) is 11.7. The van der Waals surface area contributed by atoms with Crippen LogP contribution in [0.2, 0.25) is 0 Å². The molecular weight excluding hydrogens is 268 g/mol. The van der Waals surface area contributed by atoms with E-state index in [0.717, 1.165) is 10.6 Å². The van der Waals surface area contributed by atoms with Crippen molar-refractivity contribution in [3.05, 3.63) is 41.1 Å². The van der Waals surface area contributed by atoms with Crippen molar-refractivity contribution in [1.29, 1.82) is 0 Å². The number of ether oxygens (including phenoxy) is 1. The Hall–Kier alpha value is -1.10. The molecule has 3 aromatic rings. The summed E-state index contributed by atoms with van der Waals surface area (Å²) in [7, 11) is 1.72. The van der Waals surface area contributed by atoms with E-state index in [1.807, 2.05) is 11.4 Å². The first-order valence-electron chi connectivity index (χ1n) is 5.05. The van der Waals surface area contributed by atoms with E-state index in [1.165, 1.54) is 14.6 Å². The Kier molecular flexibility index (Phi) is 3.01. The van der Waals surface area contributed by atoms with E-state index in [2.05, 4.69) is 29.6 Å². The summed E-state index contributed by atoms with van der Waals surface area (Å²) in [5.41, 5.74) is 0. The average Bonchev–Trinajstić information content (AvgIpc) is 3.09. The number of hydrogen-bond acceptors (Lipinski definition) is 4. The topological polar surface area (TPSA) is 9.23 Å². The van der Waals surface area contributed by atoms with Crippen molar-refractivity contribution in [2.24, 2.45) is 0 Å². The molecular formula is C13H9OS3. The van der Waals surface area contributed by atoms with Gasteiger partial charge in [-0.25, -0.2) is 0 Å². The second-order valence-electron chi connectivity index (χ2n) is 3.38. The van der Waals surface area contributed by atoms with Gasteiger partial charge in [-0.2, -0.15) is 0 Å². The molecule has 0 atom stereocenters. The van der Waals surface area contributed by atoms with Gasteiger partial charge >= 0.3 is 0 Å². The summed E-state index contributed by atoms with van der Waals surface area (Å²) in [4.78, 5) is 4.87. The minimum absolute atomic E-state index is 0.942. The molecule has 0 spiro atoms. The van der Waals surface area contributed by atoms with E-state index < -0.39 is 0 Å². The maximum Gasteiger partial charge on any atom is 0.138 e. The molecule has 1 nitrogen and oxygen atoms in total. The van der Waals surface area contributed by atoms with Gasteiger partial charge in [-0.15, -0.1) is 34.0 Å². The van der Waals surface area contributed by atoms with Crippen molar-refractivity contribution < 1.29 is 4.74 Å². The minimum Gasteiger partial charge on any atom is -0.495 e. The standard InChI is InChI=1S/C13H9OS3/c1-14-9-8-12(10-4-2-6-15-10)17-13(9)11-5-3-7-16-11/h2-4,6-8H,1H3. The Morgan fingerprint density at radius 3 is 2.76 bits per heavy atom. The quantitative estimate of drug-likeness (QED) is 0.653. The number of hydrogen-bond donors (Lipinski definition) is 0. The molecule has 0 saturated carbocycles. The molecule has 0 N–H and O–H groups in total. The van der Waals surface area contributed by atoms with Crippen LogP contribution in [0.3, 0.4) is 0 Å². The molecule has 3 heterocycles. The van der Waals surface area contributed by atoms with Crippen molar-refractivity contribution >= 4 is 34.0 Å². The smallest absolute Gasteiger partial charge is 0.138 e. The van der Waals surface area contributed by atoms with Crippen LogP contribution in [0.5, 0.6) is 5.75 Å². The molecule has 3 rings (SSSR count). The lowest BCUT2D eigenvalue weighted by atomic mass is 10.3. The normalized spacial score (nSPS) is 10.6. The zero-order valence-corrected chi connectivity index (χ0v) is 11.5. The fourth-order valence-electron chi connectivity index (χ4n) is 1.59. The van der Waals surface area contributed by atoms with Crippen molar-refractivity contribution in [1.82, 2.24) is 0 Å². The zero-order valence-electron chi connectivity index (χ0n) is 9.10. The summed E-state index contributed by atoms with van der Waals surface area (Å²) in [6.45, 7) is 0. The first-order chi connectivity index (χ1) is 8.38. The van der Waals surface area contributed by atoms with Crippen LogP contribution in [0.15, 0.2) is 35.0 Å². The van der Waals surface area contributed by atoms with E-state index in [0.29, 0.717) is 0 Å². The molecule has 3 aromatic heterocycles. The summed E-state index contributed by atoms with van der Waals surface area (Å²) in [5.74, 6) is 0.942. The second-order valence-corrected chi connectivity index (χ2v) is 6.30. The van der Waals surface area contributed by atoms with Gasteiger partial charge in [-0.3, -0.25) is 0 Å². The Morgan fingerprint density at radius 1 is 1.18 bits per heavy atom. The van der Waals surface area contributed by atoms with E-state index >= 15 is 0 Å². The largest absolute Gasteiger partial charge is 0.495 e. The van der Waals surface area contributed by atoms with Crippen molar-refractivity contribution in [2.75, 3.05) is 7.11 Å². The molecule has 0 fully saturated rings. The molecule has 0 aliphatic rings. The highest BCUT2D eigenvalue weighted by molar-refractivity contribution is 7.26. The van der Waals surface area contributed by atoms with Gasteiger partial charge in [0, 0.05) is 21.9 Å². The van der Waals surface area contributed by atoms with Crippen molar-refractivity contribution in [3.8, 4) is 25.3 Å². The number of thiophene rings is 3. The molecule has 4 heteroatoms. The third-order valence-electron chi connectivity index (χ3n) is 2.36. The highest BCUT2D eigenvalue weighted by Gasteiger charge is 2.14. The molecule has 0 aromatic carbocycles. The number of rotatable bonds is 3.